The summed E-state index contributed by atoms with van der Waals surface area (Å²) in [4.78, 5) is 36.8. The number of fused-ring (bicyclic) bond motifs is 1. The molecule has 2 amide bonds. The van der Waals surface area contributed by atoms with Crippen LogP contribution in [0.1, 0.15) is 66.6 Å². The Morgan fingerprint density at radius 1 is 0.950 bits per heavy atom. The summed E-state index contributed by atoms with van der Waals surface area (Å²) < 4.78 is 7.68. The largest absolute Gasteiger partial charge is 0.444 e. The molecule has 2 aromatic heterocycles. The molecule has 0 saturated carbocycles. The summed E-state index contributed by atoms with van der Waals surface area (Å²) in [6.45, 7) is 7.99. The van der Waals surface area contributed by atoms with Gasteiger partial charge in [-0.1, -0.05) is 42.5 Å². The summed E-state index contributed by atoms with van der Waals surface area (Å²) in [5.74, 6) is 0.0832. The van der Waals surface area contributed by atoms with Crippen molar-refractivity contribution in [2.75, 3.05) is 13.1 Å². The van der Waals surface area contributed by atoms with Gasteiger partial charge in [0.25, 0.3) is 5.91 Å². The number of hydroxylamine groups is 1. The van der Waals surface area contributed by atoms with E-state index in [0.29, 0.717) is 37.7 Å². The minimum atomic E-state index is -0.488. The number of nitrogens with one attached hydrogen (secondary N) is 1. The van der Waals surface area contributed by atoms with Crippen molar-refractivity contribution in [3.05, 3.63) is 101 Å². The highest BCUT2D eigenvalue weighted by molar-refractivity contribution is 5.93. The molecule has 0 spiro atoms. The number of ether oxygens (including phenoxy) is 1. The Morgan fingerprint density at radius 2 is 1.68 bits per heavy atom. The van der Waals surface area contributed by atoms with Gasteiger partial charge in [-0.15, -0.1) is 0 Å². The molecule has 1 saturated heterocycles. The van der Waals surface area contributed by atoms with Gasteiger partial charge in [0.15, 0.2) is 0 Å². The van der Waals surface area contributed by atoms with Crippen LogP contribution in [0, 0.1) is 0 Å². The van der Waals surface area contributed by atoms with Gasteiger partial charge in [-0.2, -0.15) is 0 Å². The number of benzene rings is 2. The van der Waals surface area contributed by atoms with Gasteiger partial charge in [0, 0.05) is 43.0 Å². The second-order valence-electron chi connectivity index (χ2n) is 11.2. The summed E-state index contributed by atoms with van der Waals surface area (Å²) in [6, 6.07) is 21.4. The molecular weight excluding hydrogens is 504 g/mol. The molecule has 0 radical (unpaired) electrons. The maximum absolute atomic E-state index is 12.5. The van der Waals surface area contributed by atoms with Crippen LogP contribution in [-0.2, 0) is 22.7 Å². The van der Waals surface area contributed by atoms with Gasteiger partial charge in [-0.25, -0.2) is 15.3 Å². The van der Waals surface area contributed by atoms with E-state index in [1.54, 1.807) is 12.1 Å². The molecule has 2 aromatic carbocycles. The smallest absolute Gasteiger partial charge is 0.410 e. The summed E-state index contributed by atoms with van der Waals surface area (Å²) in [5, 5.41) is 1.14. The highest BCUT2D eigenvalue weighted by Gasteiger charge is 2.28. The van der Waals surface area contributed by atoms with Crippen molar-refractivity contribution >= 4 is 23.0 Å². The van der Waals surface area contributed by atoms with Crippen molar-refractivity contribution < 1.29 is 19.2 Å². The number of nitrogens with zero attached hydrogens (tertiary/aromatic N) is 3. The minimum absolute atomic E-state index is 0.236. The normalized spacial score (nSPS) is 14.3. The Hall–Kier alpha value is -4.17. The van der Waals surface area contributed by atoms with Crippen molar-refractivity contribution in [2.24, 2.45) is 0 Å². The number of hydrogen-bond donors (Lipinski definition) is 1. The zero-order valence-electron chi connectivity index (χ0n) is 23.3. The van der Waals surface area contributed by atoms with Crippen LogP contribution in [0.25, 0.3) is 11.0 Å². The van der Waals surface area contributed by atoms with Crippen LogP contribution in [0.4, 0.5) is 4.79 Å². The van der Waals surface area contributed by atoms with Gasteiger partial charge in [0.1, 0.15) is 11.2 Å². The second-order valence-corrected chi connectivity index (χ2v) is 11.2. The topological polar surface area (TPSA) is 85.7 Å². The molecule has 1 aliphatic rings. The Bertz CT molecular complexity index is 1450. The lowest BCUT2D eigenvalue weighted by Gasteiger charge is -2.33. The maximum Gasteiger partial charge on any atom is 0.410 e. The fourth-order valence-corrected chi connectivity index (χ4v) is 5.07. The number of likely N-dealkylation sites (tertiary alicyclic amines) is 1. The van der Waals surface area contributed by atoms with Crippen molar-refractivity contribution in [1.29, 1.82) is 0 Å². The van der Waals surface area contributed by atoms with Crippen LogP contribution in [0.15, 0.2) is 79.1 Å². The third-order valence-corrected chi connectivity index (χ3v) is 7.10. The standard InChI is InChI=1S/C32H36N4O4/c1-32(2,3)40-31(38)35-18-14-25(15-19-35)27-13-17-33-29-28(27)16-20-36(29)21-23-9-11-26(12-10-23)30(37)34-39-22-24-7-5-4-6-8-24/h4-13,16-17,20,25H,14-15,18-19,21-22H2,1-3H3,(H,34,37). The molecule has 8 nitrogen and oxygen atoms in total. The molecule has 208 valence electrons. The molecule has 8 heteroatoms. The van der Waals surface area contributed by atoms with Gasteiger partial charge in [-0.3, -0.25) is 9.63 Å². The lowest BCUT2D eigenvalue weighted by atomic mass is 9.88. The fourth-order valence-electron chi connectivity index (χ4n) is 5.07. The maximum atomic E-state index is 12.5. The molecule has 0 bridgehead atoms. The average Bonchev–Trinajstić information content (AvgIpc) is 3.36. The van der Waals surface area contributed by atoms with E-state index in [4.69, 9.17) is 9.57 Å². The SMILES string of the molecule is CC(C)(C)OC(=O)N1CCC(c2ccnc3c2ccn3Cc2ccc(C(=O)NOCc3ccccc3)cc2)CC1. The van der Waals surface area contributed by atoms with E-state index in [-0.39, 0.29) is 12.0 Å². The van der Waals surface area contributed by atoms with E-state index in [0.717, 1.165) is 35.0 Å². The van der Waals surface area contributed by atoms with E-state index in [1.807, 2.05) is 74.3 Å². The van der Waals surface area contributed by atoms with E-state index >= 15 is 0 Å². The highest BCUT2D eigenvalue weighted by Crippen LogP contribution is 2.33. The number of aromatic nitrogens is 2. The van der Waals surface area contributed by atoms with Crippen molar-refractivity contribution in [1.82, 2.24) is 19.9 Å². The first kappa shape index (κ1) is 27.4. The first-order valence-corrected chi connectivity index (χ1v) is 13.7. The third kappa shape index (κ3) is 6.69. The molecule has 40 heavy (non-hydrogen) atoms. The monoisotopic (exact) mass is 540 g/mol. The summed E-state index contributed by atoms with van der Waals surface area (Å²) in [5.41, 5.74) is 6.82. The lowest BCUT2D eigenvalue weighted by molar-refractivity contribution is 0.0204. The summed E-state index contributed by atoms with van der Waals surface area (Å²) in [7, 11) is 0. The molecule has 1 fully saturated rings. The summed E-state index contributed by atoms with van der Waals surface area (Å²) >= 11 is 0. The molecule has 1 aliphatic heterocycles. The number of pyridine rings is 1. The van der Waals surface area contributed by atoms with Gasteiger partial charge in [0.2, 0.25) is 0 Å². The Kier molecular flexibility index (Phi) is 8.16. The van der Waals surface area contributed by atoms with Crippen LogP contribution in [-0.4, -0.2) is 45.1 Å². The van der Waals surface area contributed by atoms with Crippen molar-refractivity contribution in [2.45, 2.75) is 58.3 Å². The van der Waals surface area contributed by atoms with Gasteiger partial charge >= 0.3 is 6.09 Å². The number of rotatable bonds is 7. The van der Waals surface area contributed by atoms with Crippen molar-refractivity contribution in [3.63, 3.8) is 0 Å². The third-order valence-electron chi connectivity index (χ3n) is 7.10. The molecule has 4 aromatic rings. The average molecular weight is 541 g/mol. The predicted octanol–water partition coefficient (Wildman–Crippen LogP) is 6.06. The van der Waals surface area contributed by atoms with Gasteiger partial charge < -0.3 is 14.2 Å². The lowest BCUT2D eigenvalue weighted by Crippen LogP contribution is -2.41. The molecule has 0 aliphatic carbocycles. The van der Waals surface area contributed by atoms with E-state index < -0.39 is 5.60 Å². The molecular formula is C32H36N4O4. The van der Waals surface area contributed by atoms with E-state index in [1.165, 1.54) is 5.56 Å². The Balaban J connectivity index is 1.19. The zero-order valence-corrected chi connectivity index (χ0v) is 23.3. The van der Waals surface area contributed by atoms with E-state index in [2.05, 4.69) is 33.4 Å². The Morgan fingerprint density at radius 3 is 2.38 bits per heavy atom. The van der Waals surface area contributed by atoms with Crippen LogP contribution < -0.4 is 5.48 Å². The van der Waals surface area contributed by atoms with Crippen LogP contribution >= 0.6 is 0 Å². The van der Waals surface area contributed by atoms with Gasteiger partial charge in [-0.05, 0) is 80.5 Å². The molecule has 0 unspecified atom stereocenters. The fraction of sp³-hybridized carbons (Fsp3) is 0.344. The van der Waals surface area contributed by atoms with E-state index in [9.17, 15) is 9.59 Å². The first-order valence-electron chi connectivity index (χ1n) is 13.7. The quantitative estimate of drug-likeness (QED) is 0.288. The second kappa shape index (κ2) is 11.9. The molecule has 3 heterocycles. The number of amides is 2. The highest BCUT2D eigenvalue weighted by atomic mass is 16.6. The zero-order chi connectivity index (χ0) is 28.1. The predicted molar refractivity (Wildman–Crippen MR) is 154 cm³/mol. The number of hydrogen-bond acceptors (Lipinski definition) is 5. The van der Waals surface area contributed by atoms with Crippen molar-refractivity contribution in [3.8, 4) is 0 Å². The van der Waals surface area contributed by atoms with Crippen LogP contribution in [0.5, 0.6) is 0 Å². The number of carbonyl (C=O) groups excluding carboxylic acids is 2. The number of piperidine rings is 1. The molecule has 1 N–H and O–H groups in total. The summed E-state index contributed by atoms with van der Waals surface area (Å²) in [6.07, 6.45) is 5.48. The van der Waals surface area contributed by atoms with Crippen LogP contribution in [0.3, 0.4) is 0 Å². The van der Waals surface area contributed by atoms with Crippen LogP contribution in [0.2, 0.25) is 0 Å². The first-order chi connectivity index (χ1) is 19.3. The molecule has 5 rings (SSSR count). The van der Waals surface area contributed by atoms with Gasteiger partial charge in [0.05, 0.1) is 6.61 Å². The minimum Gasteiger partial charge on any atom is -0.444 e. The number of carbonyl (C=O) groups is 2. The Labute approximate surface area is 234 Å². The molecule has 0 atom stereocenters.